The van der Waals surface area contributed by atoms with Gasteiger partial charge in [-0.2, -0.15) is 0 Å². The first kappa shape index (κ1) is 11.0. The highest BCUT2D eigenvalue weighted by Gasteiger charge is 2.14. The van der Waals surface area contributed by atoms with E-state index in [0.717, 1.165) is 11.3 Å². The summed E-state index contributed by atoms with van der Waals surface area (Å²) in [6, 6.07) is 0.321. The molecule has 78 valence electrons. The van der Waals surface area contributed by atoms with E-state index < -0.39 is 5.97 Å². The number of hydrogen-bond acceptors (Lipinski definition) is 4. The van der Waals surface area contributed by atoms with Crippen LogP contribution in [0.25, 0.3) is 0 Å². The highest BCUT2D eigenvalue weighted by Crippen LogP contribution is 2.22. The summed E-state index contributed by atoms with van der Waals surface area (Å²) < 4.78 is 0. The molecule has 0 aliphatic heterocycles. The van der Waals surface area contributed by atoms with Crippen molar-refractivity contribution in [2.24, 2.45) is 0 Å². The number of aryl methyl sites for hydroxylation is 1. The topological polar surface area (TPSA) is 62.2 Å². The molecule has 1 heterocycles. The van der Waals surface area contributed by atoms with Gasteiger partial charge < -0.3 is 10.4 Å². The van der Waals surface area contributed by atoms with Crippen LogP contribution in [0.1, 0.15) is 35.6 Å². The summed E-state index contributed by atoms with van der Waals surface area (Å²) in [5.41, 5.74) is 0.154. The normalized spacial score (nSPS) is 12.5. The fraction of sp³-hybridized carbons (Fsp3) is 0.556. The number of thiazole rings is 1. The van der Waals surface area contributed by atoms with Crippen LogP contribution in [0.3, 0.4) is 0 Å². The molecule has 1 aromatic heterocycles. The number of anilines is 1. The van der Waals surface area contributed by atoms with Crippen molar-refractivity contribution in [3.05, 3.63) is 10.6 Å². The molecule has 0 bridgehead atoms. The van der Waals surface area contributed by atoms with Crippen molar-refractivity contribution in [3.63, 3.8) is 0 Å². The van der Waals surface area contributed by atoms with Gasteiger partial charge in [0.05, 0.1) is 0 Å². The minimum Gasteiger partial charge on any atom is -0.476 e. The lowest BCUT2D eigenvalue weighted by Crippen LogP contribution is -2.13. The van der Waals surface area contributed by atoms with Gasteiger partial charge >= 0.3 is 5.97 Å². The average Bonchev–Trinajstić information content (AvgIpc) is 2.46. The molecule has 0 aliphatic carbocycles. The smallest absolute Gasteiger partial charge is 0.355 e. The quantitative estimate of drug-likeness (QED) is 0.807. The van der Waals surface area contributed by atoms with Crippen molar-refractivity contribution in [2.75, 3.05) is 5.32 Å². The molecule has 14 heavy (non-hydrogen) atoms. The maximum absolute atomic E-state index is 10.7. The molecule has 0 fully saturated rings. The molecule has 0 amide bonds. The summed E-state index contributed by atoms with van der Waals surface area (Å²) >= 11 is 1.38. The summed E-state index contributed by atoms with van der Waals surface area (Å²) in [6.07, 6.45) is 0.987. The molecule has 4 nitrogen and oxygen atoms in total. The van der Waals surface area contributed by atoms with Gasteiger partial charge in [-0.15, -0.1) is 11.3 Å². The van der Waals surface area contributed by atoms with Crippen LogP contribution in [0, 0.1) is 6.92 Å². The van der Waals surface area contributed by atoms with E-state index in [9.17, 15) is 4.79 Å². The minimum absolute atomic E-state index is 0.154. The second kappa shape index (κ2) is 4.41. The maximum atomic E-state index is 10.7. The highest BCUT2D eigenvalue weighted by molar-refractivity contribution is 7.15. The van der Waals surface area contributed by atoms with Crippen LogP contribution >= 0.6 is 11.3 Å². The van der Waals surface area contributed by atoms with E-state index in [2.05, 4.69) is 17.2 Å². The number of carbonyl (C=O) groups is 1. The number of carboxylic acid groups (broad SMARTS) is 1. The predicted octanol–water partition coefficient (Wildman–Crippen LogP) is 2.36. The van der Waals surface area contributed by atoms with Gasteiger partial charge in [0, 0.05) is 10.9 Å². The zero-order valence-electron chi connectivity index (χ0n) is 8.50. The van der Waals surface area contributed by atoms with Gasteiger partial charge in [0.15, 0.2) is 10.8 Å². The molecule has 1 atom stereocenters. The first-order chi connectivity index (χ1) is 6.54. The van der Waals surface area contributed by atoms with Gasteiger partial charge in [-0.05, 0) is 20.3 Å². The van der Waals surface area contributed by atoms with Gasteiger partial charge in [0.25, 0.3) is 0 Å². The lowest BCUT2D eigenvalue weighted by molar-refractivity contribution is 0.0690. The van der Waals surface area contributed by atoms with Gasteiger partial charge in [-0.3, -0.25) is 0 Å². The molecule has 0 spiro atoms. The molecule has 0 radical (unpaired) electrons. The zero-order valence-corrected chi connectivity index (χ0v) is 9.31. The van der Waals surface area contributed by atoms with Crippen LogP contribution in [-0.2, 0) is 0 Å². The van der Waals surface area contributed by atoms with E-state index in [1.54, 1.807) is 6.92 Å². The Morgan fingerprint density at radius 2 is 2.36 bits per heavy atom. The first-order valence-corrected chi connectivity index (χ1v) is 5.33. The maximum Gasteiger partial charge on any atom is 0.355 e. The average molecular weight is 214 g/mol. The Morgan fingerprint density at radius 1 is 1.71 bits per heavy atom. The lowest BCUT2D eigenvalue weighted by atomic mass is 10.3. The Kier molecular flexibility index (Phi) is 3.46. The van der Waals surface area contributed by atoms with Crippen molar-refractivity contribution >= 4 is 22.4 Å². The second-order valence-electron chi connectivity index (χ2n) is 3.18. The molecule has 1 aromatic rings. The molecule has 0 saturated heterocycles. The van der Waals surface area contributed by atoms with Crippen LogP contribution < -0.4 is 5.32 Å². The molecule has 5 heteroatoms. The molecular weight excluding hydrogens is 200 g/mol. The van der Waals surface area contributed by atoms with E-state index >= 15 is 0 Å². The predicted molar refractivity (Wildman–Crippen MR) is 57.2 cm³/mol. The summed E-state index contributed by atoms with van der Waals surface area (Å²) in [7, 11) is 0. The Bertz CT molecular complexity index is 336. The van der Waals surface area contributed by atoms with Crippen molar-refractivity contribution in [2.45, 2.75) is 33.2 Å². The summed E-state index contributed by atoms with van der Waals surface area (Å²) in [4.78, 5) is 15.5. The van der Waals surface area contributed by atoms with Crippen LogP contribution in [-0.4, -0.2) is 22.1 Å². The fourth-order valence-corrected chi connectivity index (χ4v) is 1.89. The van der Waals surface area contributed by atoms with Crippen LogP contribution in [0.15, 0.2) is 0 Å². The fourth-order valence-electron chi connectivity index (χ4n) is 0.969. The van der Waals surface area contributed by atoms with Crippen LogP contribution in [0.5, 0.6) is 0 Å². The Hall–Kier alpha value is -1.10. The highest BCUT2D eigenvalue weighted by atomic mass is 32.1. The zero-order chi connectivity index (χ0) is 10.7. The number of aromatic nitrogens is 1. The van der Waals surface area contributed by atoms with Gasteiger partial charge in [-0.25, -0.2) is 9.78 Å². The van der Waals surface area contributed by atoms with Gasteiger partial charge in [0.2, 0.25) is 0 Å². The number of rotatable bonds is 4. The van der Waals surface area contributed by atoms with Gasteiger partial charge in [-0.1, -0.05) is 6.92 Å². The molecular formula is C9H14N2O2S. The monoisotopic (exact) mass is 214 g/mol. The Labute approximate surface area is 87.0 Å². The molecule has 2 N–H and O–H groups in total. The lowest BCUT2D eigenvalue weighted by Gasteiger charge is -2.08. The number of aromatic carboxylic acids is 1. The molecule has 1 rings (SSSR count). The standard InChI is InChI=1S/C9H14N2O2S/c1-4-5(2)10-9-11-7(8(12)13)6(3)14-9/h5H,4H2,1-3H3,(H,10,11)(H,12,13). The SMILES string of the molecule is CCC(C)Nc1nc(C(=O)O)c(C)s1. The molecule has 0 aromatic carbocycles. The van der Waals surface area contributed by atoms with Gasteiger partial charge in [0.1, 0.15) is 0 Å². The molecule has 0 saturated carbocycles. The number of nitrogens with zero attached hydrogens (tertiary/aromatic N) is 1. The van der Waals surface area contributed by atoms with Crippen molar-refractivity contribution < 1.29 is 9.90 Å². The van der Waals surface area contributed by atoms with Crippen molar-refractivity contribution in [1.82, 2.24) is 4.98 Å². The van der Waals surface area contributed by atoms with E-state index in [0.29, 0.717) is 11.2 Å². The molecule has 0 aliphatic rings. The molecule has 1 unspecified atom stereocenters. The second-order valence-corrected chi connectivity index (χ2v) is 4.39. The first-order valence-electron chi connectivity index (χ1n) is 4.51. The third kappa shape index (κ3) is 2.45. The number of carboxylic acids is 1. The summed E-state index contributed by atoms with van der Waals surface area (Å²) in [6.45, 7) is 5.87. The number of nitrogens with one attached hydrogen (secondary N) is 1. The minimum atomic E-state index is -0.962. The van der Waals surface area contributed by atoms with Crippen LogP contribution in [0.2, 0.25) is 0 Å². The van der Waals surface area contributed by atoms with E-state index in [-0.39, 0.29) is 5.69 Å². The largest absolute Gasteiger partial charge is 0.476 e. The van der Waals surface area contributed by atoms with Crippen molar-refractivity contribution in [3.8, 4) is 0 Å². The summed E-state index contributed by atoms with van der Waals surface area (Å²) in [5, 5.41) is 12.6. The number of hydrogen-bond donors (Lipinski definition) is 2. The Balaban J connectivity index is 2.81. The third-order valence-corrected chi connectivity index (χ3v) is 2.88. The Morgan fingerprint density at radius 3 is 2.79 bits per heavy atom. The van der Waals surface area contributed by atoms with E-state index in [1.807, 2.05) is 6.92 Å². The van der Waals surface area contributed by atoms with E-state index in [4.69, 9.17) is 5.11 Å². The van der Waals surface area contributed by atoms with Crippen molar-refractivity contribution in [1.29, 1.82) is 0 Å². The van der Waals surface area contributed by atoms with E-state index in [1.165, 1.54) is 11.3 Å². The van der Waals surface area contributed by atoms with Crippen LogP contribution in [0.4, 0.5) is 5.13 Å². The third-order valence-electron chi connectivity index (χ3n) is 1.98. The summed E-state index contributed by atoms with van der Waals surface area (Å²) in [5.74, 6) is -0.962.